The maximum Gasteiger partial charge on any atom is 0.173 e. The number of nitrogens with one attached hydrogen (secondary N) is 1. The summed E-state index contributed by atoms with van der Waals surface area (Å²) in [6.07, 6.45) is 2.33. The highest BCUT2D eigenvalue weighted by molar-refractivity contribution is 8.14. The Balaban J connectivity index is 1.63. The van der Waals surface area contributed by atoms with E-state index in [9.17, 15) is 0 Å². The molecule has 3 heterocycles. The van der Waals surface area contributed by atoms with Crippen LogP contribution in [0, 0.1) is 5.82 Å². The molecule has 33 heavy (non-hydrogen) atoms. The van der Waals surface area contributed by atoms with E-state index in [1.807, 2.05) is 43.3 Å². The van der Waals surface area contributed by atoms with Crippen LogP contribution >= 0.6 is 11.8 Å². The average Bonchev–Trinajstić information content (AvgIpc) is 2.82. The van der Waals surface area contributed by atoms with Crippen molar-refractivity contribution in [1.29, 1.82) is 0 Å². The van der Waals surface area contributed by atoms with Crippen molar-refractivity contribution in [2.45, 2.75) is 18.1 Å². The summed E-state index contributed by atoms with van der Waals surface area (Å²) in [6.45, 7) is 2.97. The molecule has 2 aliphatic heterocycles. The molecule has 0 aliphatic carbocycles. The second-order valence-electron chi connectivity index (χ2n) is 7.61. The number of fused-ring (bicyclic) bond motifs is 4. The second kappa shape index (κ2) is 8.47. The predicted molar refractivity (Wildman–Crippen MR) is 128 cm³/mol. The summed E-state index contributed by atoms with van der Waals surface area (Å²) in [4.78, 5) is 8.78. The number of thioether (sulfide) groups is 1. The van der Waals surface area contributed by atoms with Gasteiger partial charge in [0.25, 0.3) is 0 Å². The molecule has 1 atom stereocenters. The van der Waals surface area contributed by atoms with E-state index in [1.165, 1.54) is 24.9 Å². The van der Waals surface area contributed by atoms with E-state index in [1.54, 1.807) is 6.20 Å². The van der Waals surface area contributed by atoms with Crippen molar-refractivity contribution in [3.8, 4) is 23.0 Å². The summed E-state index contributed by atoms with van der Waals surface area (Å²) in [7, 11) is 1.51. The van der Waals surface area contributed by atoms with Gasteiger partial charge < -0.3 is 25.3 Å². The third-order valence-electron chi connectivity index (χ3n) is 5.66. The summed E-state index contributed by atoms with van der Waals surface area (Å²) in [5.41, 5.74) is 8.54. The van der Waals surface area contributed by atoms with Crippen molar-refractivity contribution >= 4 is 28.4 Å². The average molecular weight is 467 g/mol. The molecule has 0 saturated carbocycles. The normalized spacial score (nSPS) is 18.6. The molecule has 3 aromatic rings. The van der Waals surface area contributed by atoms with Gasteiger partial charge in [0.05, 0.1) is 18.5 Å². The third-order valence-corrected chi connectivity index (χ3v) is 6.99. The van der Waals surface area contributed by atoms with Gasteiger partial charge in [-0.25, -0.2) is 9.37 Å². The van der Waals surface area contributed by atoms with Crippen LogP contribution in [0.2, 0.25) is 0 Å². The van der Waals surface area contributed by atoms with E-state index in [4.69, 9.17) is 19.9 Å². The summed E-state index contributed by atoms with van der Waals surface area (Å²) in [5, 5.41) is 3.79. The minimum atomic E-state index is -0.672. The summed E-state index contributed by atoms with van der Waals surface area (Å²) < 4.78 is 31.4. The fraction of sp³-hybridized carbons (Fsp3) is 0.250. The van der Waals surface area contributed by atoms with Crippen LogP contribution in [0.1, 0.15) is 24.5 Å². The summed E-state index contributed by atoms with van der Waals surface area (Å²) in [6, 6.07) is 12.5. The molecule has 9 heteroatoms. The van der Waals surface area contributed by atoms with Crippen LogP contribution in [0.25, 0.3) is 0 Å². The SMILES string of the molecule is CCOc1cccnc1Nc1ccc2c(c1)[C@@]1(CCN=C(N)S1)c1cc(OC)cc(F)c1O2. The molecule has 170 valence electrons. The first-order valence-corrected chi connectivity index (χ1v) is 11.4. The van der Waals surface area contributed by atoms with Crippen LogP contribution < -0.4 is 25.3 Å². The Morgan fingerprint density at radius 2 is 2.12 bits per heavy atom. The fourth-order valence-corrected chi connectivity index (χ4v) is 5.45. The highest BCUT2D eigenvalue weighted by Gasteiger charge is 2.46. The number of benzene rings is 2. The smallest absolute Gasteiger partial charge is 0.173 e. The van der Waals surface area contributed by atoms with Crippen LogP contribution in [0.4, 0.5) is 15.9 Å². The molecule has 0 radical (unpaired) electrons. The van der Waals surface area contributed by atoms with Crippen LogP contribution in [-0.2, 0) is 4.75 Å². The number of methoxy groups -OCH3 is 1. The van der Waals surface area contributed by atoms with Crippen LogP contribution in [0.5, 0.6) is 23.0 Å². The van der Waals surface area contributed by atoms with Crippen LogP contribution in [0.15, 0.2) is 53.7 Å². The molecule has 0 saturated heterocycles. The maximum absolute atomic E-state index is 15.0. The molecule has 0 bridgehead atoms. The minimum absolute atomic E-state index is 0.189. The standard InChI is InChI=1S/C24H23FN4O3S/c1-3-31-20-5-4-9-27-22(20)29-14-6-7-19-16(11-14)24(8-10-28-23(26)33-24)17-12-15(30-2)13-18(25)21(17)32-19/h4-7,9,11-13H,3,8,10H2,1-2H3,(H2,26,28)(H,27,29)/t24-/m0/s1. The van der Waals surface area contributed by atoms with Gasteiger partial charge in [0.2, 0.25) is 0 Å². The zero-order valence-corrected chi connectivity index (χ0v) is 19.0. The van der Waals surface area contributed by atoms with Gasteiger partial charge in [0.1, 0.15) is 11.5 Å². The Labute approximate surface area is 195 Å². The molecule has 1 spiro atoms. The Bertz CT molecular complexity index is 1250. The second-order valence-corrected chi connectivity index (χ2v) is 8.93. The lowest BCUT2D eigenvalue weighted by Gasteiger charge is -2.41. The van der Waals surface area contributed by atoms with Gasteiger partial charge in [-0.3, -0.25) is 4.99 Å². The fourth-order valence-electron chi connectivity index (χ4n) is 4.22. The number of aromatic nitrogens is 1. The molecule has 0 amide bonds. The Hall–Kier alpha value is -3.46. The molecule has 0 fully saturated rings. The van der Waals surface area contributed by atoms with Crippen molar-refractivity contribution < 1.29 is 18.6 Å². The Morgan fingerprint density at radius 1 is 1.24 bits per heavy atom. The highest BCUT2D eigenvalue weighted by atomic mass is 32.2. The number of pyridine rings is 1. The minimum Gasteiger partial charge on any atom is -0.497 e. The number of ether oxygens (including phenoxy) is 3. The number of anilines is 2. The van der Waals surface area contributed by atoms with Crippen molar-refractivity contribution in [3.63, 3.8) is 0 Å². The number of halogens is 1. The molecule has 1 aromatic heterocycles. The number of aliphatic imine (C=N–C) groups is 1. The predicted octanol–water partition coefficient (Wildman–Crippen LogP) is 5.17. The zero-order chi connectivity index (χ0) is 23.0. The molecule has 5 rings (SSSR count). The first-order valence-electron chi connectivity index (χ1n) is 10.6. The number of nitrogens with two attached hydrogens (primary N) is 1. The lowest BCUT2D eigenvalue weighted by molar-refractivity contribution is 0.341. The van der Waals surface area contributed by atoms with Crippen molar-refractivity contribution in [2.24, 2.45) is 10.7 Å². The molecular weight excluding hydrogens is 443 g/mol. The largest absolute Gasteiger partial charge is 0.497 e. The number of rotatable bonds is 5. The topological polar surface area (TPSA) is 91.0 Å². The molecule has 2 aromatic carbocycles. The first kappa shape index (κ1) is 21.4. The van der Waals surface area contributed by atoms with E-state index >= 15 is 4.39 Å². The van der Waals surface area contributed by atoms with Crippen LogP contribution in [-0.4, -0.2) is 30.4 Å². The lowest BCUT2D eigenvalue weighted by atomic mass is 9.83. The van der Waals surface area contributed by atoms with E-state index in [0.29, 0.717) is 53.4 Å². The van der Waals surface area contributed by atoms with E-state index in [-0.39, 0.29) is 5.75 Å². The number of hydrogen-bond acceptors (Lipinski definition) is 8. The lowest BCUT2D eigenvalue weighted by Crippen LogP contribution is -2.35. The van der Waals surface area contributed by atoms with Gasteiger partial charge in [0, 0.05) is 35.6 Å². The van der Waals surface area contributed by atoms with E-state index in [0.717, 1.165) is 11.3 Å². The van der Waals surface area contributed by atoms with E-state index < -0.39 is 10.6 Å². The third kappa shape index (κ3) is 3.72. The zero-order valence-electron chi connectivity index (χ0n) is 18.2. The molecular formula is C24H23FN4O3S. The number of amidine groups is 1. The van der Waals surface area contributed by atoms with Gasteiger partial charge in [-0.2, -0.15) is 0 Å². The summed E-state index contributed by atoms with van der Waals surface area (Å²) in [5.74, 6) is 1.97. The Kier molecular flexibility index (Phi) is 5.49. The maximum atomic E-state index is 15.0. The van der Waals surface area contributed by atoms with Crippen LogP contribution in [0.3, 0.4) is 0 Å². The van der Waals surface area contributed by atoms with Gasteiger partial charge in [0.15, 0.2) is 28.3 Å². The van der Waals surface area contributed by atoms with Gasteiger partial charge in [-0.05, 0) is 49.7 Å². The van der Waals surface area contributed by atoms with Gasteiger partial charge >= 0.3 is 0 Å². The Morgan fingerprint density at radius 3 is 2.91 bits per heavy atom. The number of hydrogen-bond donors (Lipinski definition) is 2. The van der Waals surface area contributed by atoms with E-state index in [2.05, 4.69) is 15.3 Å². The monoisotopic (exact) mass is 466 g/mol. The summed E-state index contributed by atoms with van der Waals surface area (Å²) >= 11 is 1.41. The molecule has 2 aliphatic rings. The number of nitrogens with zero attached hydrogens (tertiary/aromatic N) is 2. The molecule has 7 nitrogen and oxygen atoms in total. The quantitative estimate of drug-likeness (QED) is 0.536. The molecule has 3 N–H and O–H groups in total. The van der Waals surface area contributed by atoms with Crippen molar-refractivity contribution in [3.05, 3.63) is 65.6 Å². The first-order chi connectivity index (χ1) is 16.0. The van der Waals surface area contributed by atoms with Gasteiger partial charge in [-0.1, -0.05) is 11.8 Å². The molecule has 0 unspecified atom stereocenters. The van der Waals surface area contributed by atoms with Crippen molar-refractivity contribution in [2.75, 3.05) is 25.6 Å². The van der Waals surface area contributed by atoms with Crippen molar-refractivity contribution in [1.82, 2.24) is 4.98 Å². The van der Waals surface area contributed by atoms with Gasteiger partial charge in [-0.15, -0.1) is 0 Å². The highest BCUT2D eigenvalue weighted by Crippen LogP contribution is 2.58.